The van der Waals surface area contributed by atoms with E-state index >= 15 is 0 Å². The molecule has 0 aromatic heterocycles. The second-order valence-electron chi connectivity index (χ2n) is 5.67. The van der Waals surface area contributed by atoms with Gasteiger partial charge in [-0.3, -0.25) is 9.52 Å². The minimum absolute atomic E-state index is 0.175. The first-order chi connectivity index (χ1) is 11.4. The molecule has 2 aromatic carbocycles. The molecule has 0 heterocycles. The van der Waals surface area contributed by atoms with Crippen molar-refractivity contribution in [3.05, 3.63) is 53.1 Å². The number of hydrogen-bond donors (Lipinski definition) is 2. The Balaban J connectivity index is 1.97. The third kappa shape index (κ3) is 3.07. The van der Waals surface area contributed by atoms with E-state index in [1.165, 1.54) is 30.9 Å². The van der Waals surface area contributed by atoms with Crippen LogP contribution in [0.2, 0.25) is 0 Å². The quantitative estimate of drug-likeness (QED) is 0.866. The number of amides is 1. The largest absolute Gasteiger partial charge is 0.495 e. The number of ether oxygens (including phenoxy) is 1. The van der Waals surface area contributed by atoms with E-state index in [2.05, 4.69) is 4.72 Å². The normalized spacial score (nSPS) is 13.4. The molecule has 0 atom stereocenters. The minimum atomic E-state index is -3.79. The Morgan fingerprint density at radius 2 is 1.88 bits per heavy atom. The lowest BCUT2D eigenvalue weighted by Crippen LogP contribution is -2.16. The van der Waals surface area contributed by atoms with Crippen LogP contribution < -0.4 is 15.2 Å². The average molecular weight is 346 g/mol. The summed E-state index contributed by atoms with van der Waals surface area (Å²) in [6, 6.07) is 9.50. The molecular formula is C17H18N2O4S. The molecule has 0 unspecified atom stereocenters. The molecule has 0 aliphatic heterocycles. The zero-order valence-corrected chi connectivity index (χ0v) is 14.0. The Bertz CT molecular complexity index is 907. The highest BCUT2D eigenvalue weighted by atomic mass is 32.2. The molecule has 0 saturated carbocycles. The number of carbonyl (C=O) groups excluding carboxylic acids is 1. The van der Waals surface area contributed by atoms with Crippen LogP contribution in [0.3, 0.4) is 0 Å². The highest BCUT2D eigenvalue weighted by Crippen LogP contribution is 2.30. The molecule has 1 amide bonds. The van der Waals surface area contributed by atoms with Gasteiger partial charge < -0.3 is 10.5 Å². The van der Waals surface area contributed by atoms with Crippen molar-refractivity contribution >= 4 is 21.6 Å². The first-order valence-corrected chi connectivity index (χ1v) is 9.01. The summed E-state index contributed by atoms with van der Waals surface area (Å²) in [6.07, 6.45) is 2.91. The summed E-state index contributed by atoms with van der Waals surface area (Å²) in [5.41, 5.74) is 7.89. The molecule has 0 spiro atoms. The molecular weight excluding hydrogens is 328 g/mol. The van der Waals surface area contributed by atoms with Gasteiger partial charge in [-0.1, -0.05) is 6.07 Å². The molecule has 3 N–H and O–H groups in total. The van der Waals surface area contributed by atoms with E-state index in [1.807, 2.05) is 6.07 Å². The van der Waals surface area contributed by atoms with Crippen LogP contribution in [-0.2, 0) is 22.9 Å². The lowest BCUT2D eigenvalue weighted by molar-refractivity contribution is 0.100. The highest BCUT2D eigenvalue weighted by molar-refractivity contribution is 7.92. The summed E-state index contributed by atoms with van der Waals surface area (Å²) in [7, 11) is -2.37. The minimum Gasteiger partial charge on any atom is -0.495 e. The Labute approximate surface area is 140 Å². The fourth-order valence-corrected chi connectivity index (χ4v) is 3.97. The average Bonchev–Trinajstić information content (AvgIpc) is 3.02. The van der Waals surface area contributed by atoms with Crippen LogP contribution in [0.1, 0.15) is 27.9 Å². The van der Waals surface area contributed by atoms with Gasteiger partial charge in [-0.25, -0.2) is 8.42 Å². The maximum Gasteiger partial charge on any atom is 0.262 e. The van der Waals surface area contributed by atoms with E-state index < -0.39 is 15.9 Å². The van der Waals surface area contributed by atoms with Crippen LogP contribution in [-0.4, -0.2) is 21.4 Å². The second-order valence-corrected chi connectivity index (χ2v) is 7.35. The number of anilines is 1. The number of hydrogen-bond acceptors (Lipinski definition) is 4. The lowest BCUT2D eigenvalue weighted by atomic mass is 10.1. The fraction of sp³-hybridized carbons (Fsp3) is 0.235. The van der Waals surface area contributed by atoms with E-state index in [4.69, 9.17) is 10.5 Å². The molecule has 0 radical (unpaired) electrons. The van der Waals surface area contributed by atoms with E-state index in [1.54, 1.807) is 12.1 Å². The SMILES string of the molecule is COc1ccc(C(N)=O)cc1NS(=O)(=O)c1ccc2c(c1)CCC2. The van der Waals surface area contributed by atoms with Gasteiger partial charge in [-0.2, -0.15) is 0 Å². The summed E-state index contributed by atoms with van der Waals surface area (Å²) < 4.78 is 33.0. The predicted octanol–water partition coefficient (Wildman–Crippen LogP) is 2.08. The topological polar surface area (TPSA) is 98.5 Å². The lowest BCUT2D eigenvalue weighted by Gasteiger charge is -2.13. The molecule has 1 aliphatic rings. The maximum absolute atomic E-state index is 12.7. The smallest absolute Gasteiger partial charge is 0.262 e. The number of fused-ring (bicyclic) bond motifs is 1. The molecule has 0 bridgehead atoms. The van der Waals surface area contributed by atoms with Gasteiger partial charge in [-0.05, 0) is 60.7 Å². The molecule has 0 saturated heterocycles. The van der Waals surface area contributed by atoms with Gasteiger partial charge in [0.05, 0.1) is 17.7 Å². The molecule has 7 heteroatoms. The molecule has 126 valence electrons. The number of rotatable bonds is 5. The van der Waals surface area contributed by atoms with E-state index in [0.717, 1.165) is 24.8 Å². The zero-order chi connectivity index (χ0) is 17.3. The summed E-state index contributed by atoms with van der Waals surface area (Å²) in [5, 5.41) is 0. The van der Waals surface area contributed by atoms with E-state index in [0.29, 0.717) is 5.75 Å². The predicted molar refractivity (Wildman–Crippen MR) is 90.8 cm³/mol. The standard InChI is InChI=1S/C17H18N2O4S/c1-23-16-8-6-13(17(18)20)10-15(16)19-24(21,22)14-7-5-11-3-2-4-12(11)9-14/h5-10,19H,2-4H2,1H3,(H2,18,20). The highest BCUT2D eigenvalue weighted by Gasteiger charge is 2.20. The number of aryl methyl sites for hydroxylation is 2. The molecule has 0 fully saturated rings. The fourth-order valence-electron chi connectivity index (χ4n) is 2.86. The monoisotopic (exact) mass is 346 g/mol. The van der Waals surface area contributed by atoms with Gasteiger partial charge in [0.15, 0.2) is 0 Å². The summed E-state index contributed by atoms with van der Waals surface area (Å²) in [4.78, 5) is 11.5. The third-order valence-corrected chi connectivity index (χ3v) is 5.47. The van der Waals surface area contributed by atoms with Crippen molar-refractivity contribution in [3.63, 3.8) is 0 Å². The zero-order valence-electron chi connectivity index (χ0n) is 13.2. The third-order valence-electron chi connectivity index (χ3n) is 4.11. The number of primary amides is 1. The first-order valence-electron chi connectivity index (χ1n) is 7.53. The van der Waals surface area contributed by atoms with Crippen LogP contribution in [0.25, 0.3) is 0 Å². The number of nitrogens with two attached hydrogens (primary N) is 1. The Kier molecular flexibility index (Phi) is 4.19. The summed E-state index contributed by atoms with van der Waals surface area (Å²) in [6.45, 7) is 0. The number of carbonyl (C=O) groups is 1. The molecule has 1 aliphatic carbocycles. The van der Waals surface area contributed by atoms with Crippen LogP contribution in [0, 0.1) is 0 Å². The van der Waals surface area contributed by atoms with Crippen LogP contribution in [0.4, 0.5) is 5.69 Å². The number of methoxy groups -OCH3 is 1. The molecule has 3 rings (SSSR count). The van der Waals surface area contributed by atoms with Gasteiger partial charge in [0.25, 0.3) is 10.0 Å². The van der Waals surface area contributed by atoms with Crippen molar-refractivity contribution in [2.75, 3.05) is 11.8 Å². The number of nitrogens with one attached hydrogen (secondary N) is 1. The Hall–Kier alpha value is -2.54. The van der Waals surface area contributed by atoms with Crippen molar-refractivity contribution in [3.8, 4) is 5.75 Å². The molecule has 2 aromatic rings. The van der Waals surface area contributed by atoms with Gasteiger partial charge in [0.1, 0.15) is 5.75 Å². The first kappa shape index (κ1) is 16.3. The Morgan fingerprint density at radius 1 is 1.12 bits per heavy atom. The van der Waals surface area contributed by atoms with Gasteiger partial charge in [-0.15, -0.1) is 0 Å². The van der Waals surface area contributed by atoms with Gasteiger partial charge >= 0.3 is 0 Å². The number of sulfonamides is 1. The van der Waals surface area contributed by atoms with Gasteiger partial charge in [0.2, 0.25) is 5.91 Å². The van der Waals surface area contributed by atoms with Crippen molar-refractivity contribution in [1.29, 1.82) is 0 Å². The summed E-state index contributed by atoms with van der Waals surface area (Å²) >= 11 is 0. The second kappa shape index (κ2) is 6.16. The van der Waals surface area contributed by atoms with Crippen molar-refractivity contribution in [1.82, 2.24) is 0 Å². The van der Waals surface area contributed by atoms with Gasteiger partial charge in [0, 0.05) is 5.56 Å². The van der Waals surface area contributed by atoms with E-state index in [-0.39, 0.29) is 16.1 Å². The number of benzene rings is 2. The van der Waals surface area contributed by atoms with Crippen molar-refractivity contribution in [2.24, 2.45) is 5.73 Å². The summed E-state index contributed by atoms with van der Waals surface area (Å²) in [5.74, 6) is -0.333. The molecule has 6 nitrogen and oxygen atoms in total. The maximum atomic E-state index is 12.7. The van der Waals surface area contributed by atoms with Crippen molar-refractivity contribution < 1.29 is 17.9 Å². The van der Waals surface area contributed by atoms with E-state index in [9.17, 15) is 13.2 Å². The van der Waals surface area contributed by atoms with Crippen LogP contribution in [0.5, 0.6) is 5.75 Å². The van der Waals surface area contributed by atoms with Crippen molar-refractivity contribution in [2.45, 2.75) is 24.2 Å². The van der Waals surface area contributed by atoms with Crippen LogP contribution >= 0.6 is 0 Å². The van der Waals surface area contributed by atoms with Crippen LogP contribution in [0.15, 0.2) is 41.3 Å². The Morgan fingerprint density at radius 3 is 2.58 bits per heavy atom. The molecule has 24 heavy (non-hydrogen) atoms.